The van der Waals surface area contributed by atoms with E-state index in [0.29, 0.717) is 6.42 Å². The minimum absolute atomic E-state index is 0.183. The number of nitrogens with zero attached hydrogens (tertiary/aromatic N) is 1. The molecule has 6 heteroatoms. The summed E-state index contributed by atoms with van der Waals surface area (Å²) in [7, 11) is 0. The third-order valence-electron chi connectivity index (χ3n) is 3.87. The number of carbonyl (C=O) groups excluding carboxylic acids is 1. The van der Waals surface area contributed by atoms with Crippen molar-refractivity contribution in [1.82, 2.24) is 4.90 Å². The molecule has 1 amide bonds. The van der Waals surface area contributed by atoms with Gasteiger partial charge in [-0.05, 0) is 32.6 Å². The van der Waals surface area contributed by atoms with E-state index in [0.717, 1.165) is 17.7 Å². The highest BCUT2D eigenvalue weighted by Gasteiger charge is 2.40. The summed E-state index contributed by atoms with van der Waals surface area (Å²) in [5, 5.41) is 0. The van der Waals surface area contributed by atoms with Gasteiger partial charge in [-0.15, -0.1) is 0 Å². The third kappa shape index (κ3) is 4.37. The SMILES string of the molecule is CC1CCCC(C(=O)N(CC(F)(F)F)C(C)C)C1N. The van der Waals surface area contributed by atoms with Gasteiger partial charge >= 0.3 is 6.18 Å². The predicted molar refractivity (Wildman–Crippen MR) is 67.4 cm³/mol. The monoisotopic (exact) mass is 280 g/mol. The fraction of sp³-hybridized carbons (Fsp3) is 0.923. The first-order chi connectivity index (χ1) is 8.63. The van der Waals surface area contributed by atoms with Crippen molar-refractivity contribution in [2.45, 2.75) is 58.3 Å². The summed E-state index contributed by atoms with van der Waals surface area (Å²) in [5.74, 6) is -0.748. The van der Waals surface area contributed by atoms with Crippen LogP contribution >= 0.6 is 0 Å². The van der Waals surface area contributed by atoms with Crippen LogP contribution in [-0.4, -0.2) is 35.6 Å². The average Bonchev–Trinajstić information content (AvgIpc) is 2.27. The van der Waals surface area contributed by atoms with Crippen molar-refractivity contribution < 1.29 is 18.0 Å². The van der Waals surface area contributed by atoms with Gasteiger partial charge in [0, 0.05) is 12.1 Å². The third-order valence-corrected chi connectivity index (χ3v) is 3.87. The van der Waals surface area contributed by atoms with Gasteiger partial charge < -0.3 is 10.6 Å². The van der Waals surface area contributed by atoms with E-state index in [9.17, 15) is 18.0 Å². The van der Waals surface area contributed by atoms with Crippen molar-refractivity contribution in [2.75, 3.05) is 6.54 Å². The molecule has 0 aromatic heterocycles. The largest absolute Gasteiger partial charge is 0.406 e. The second-order valence-electron chi connectivity index (χ2n) is 5.77. The summed E-state index contributed by atoms with van der Waals surface area (Å²) in [5.41, 5.74) is 6.00. The lowest BCUT2D eigenvalue weighted by Gasteiger charge is -2.38. The molecule has 0 saturated heterocycles. The molecule has 0 spiro atoms. The maximum absolute atomic E-state index is 12.5. The van der Waals surface area contributed by atoms with Crippen molar-refractivity contribution in [2.24, 2.45) is 17.6 Å². The van der Waals surface area contributed by atoms with Crippen molar-refractivity contribution in [3.8, 4) is 0 Å². The van der Waals surface area contributed by atoms with Crippen LogP contribution in [0.4, 0.5) is 13.2 Å². The van der Waals surface area contributed by atoms with Gasteiger partial charge in [-0.3, -0.25) is 4.79 Å². The number of halogens is 3. The molecule has 1 fully saturated rings. The second kappa shape index (κ2) is 6.11. The Morgan fingerprint density at radius 3 is 2.42 bits per heavy atom. The minimum Gasteiger partial charge on any atom is -0.331 e. The lowest BCUT2D eigenvalue weighted by molar-refractivity contribution is -0.168. The number of hydrogen-bond donors (Lipinski definition) is 1. The zero-order chi connectivity index (χ0) is 14.8. The molecule has 0 bridgehead atoms. The van der Waals surface area contributed by atoms with E-state index in [1.54, 1.807) is 13.8 Å². The summed E-state index contributed by atoms with van der Waals surface area (Å²) < 4.78 is 37.6. The lowest BCUT2D eigenvalue weighted by atomic mass is 9.77. The molecule has 3 atom stereocenters. The summed E-state index contributed by atoms with van der Waals surface area (Å²) in [6.45, 7) is 3.96. The van der Waals surface area contributed by atoms with Crippen LogP contribution in [-0.2, 0) is 4.79 Å². The van der Waals surface area contributed by atoms with E-state index in [1.807, 2.05) is 6.92 Å². The van der Waals surface area contributed by atoms with Gasteiger partial charge in [0.1, 0.15) is 6.54 Å². The van der Waals surface area contributed by atoms with Crippen LogP contribution in [0, 0.1) is 11.8 Å². The Bertz CT molecular complexity index is 318. The molecule has 0 aromatic carbocycles. The van der Waals surface area contributed by atoms with Crippen LogP contribution in [0.25, 0.3) is 0 Å². The zero-order valence-electron chi connectivity index (χ0n) is 11.7. The molecule has 0 aromatic rings. The summed E-state index contributed by atoms with van der Waals surface area (Å²) in [4.78, 5) is 13.2. The number of amides is 1. The van der Waals surface area contributed by atoms with E-state index in [4.69, 9.17) is 5.73 Å². The van der Waals surface area contributed by atoms with Crippen LogP contribution in [0.15, 0.2) is 0 Å². The van der Waals surface area contributed by atoms with Crippen LogP contribution in [0.5, 0.6) is 0 Å². The van der Waals surface area contributed by atoms with E-state index >= 15 is 0 Å². The fourth-order valence-electron chi connectivity index (χ4n) is 2.65. The Hall–Kier alpha value is -0.780. The van der Waals surface area contributed by atoms with Gasteiger partial charge in [0.05, 0.1) is 5.92 Å². The second-order valence-corrected chi connectivity index (χ2v) is 5.77. The van der Waals surface area contributed by atoms with E-state index in [1.165, 1.54) is 0 Å². The molecule has 19 heavy (non-hydrogen) atoms. The molecule has 0 heterocycles. The molecule has 3 unspecified atom stereocenters. The minimum atomic E-state index is -4.37. The number of nitrogens with two attached hydrogens (primary N) is 1. The van der Waals surface area contributed by atoms with Gasteiger partial charge in [0.2, 0.25) is 5.91 Å². The first kappa shape index (κ1) is 16.3. The molecule has 1 rings (SSSR count). The lowest BCUT2D eigenvalue weighted by Crippen LogP contribution is -2.52. The maximum atomic E-state index is 12.5. The van der Waals surface area contributed by atoms with Gasteiger partial charge in [0.25, 0.3) is 0 Å². The highest BCUT2D eigenvalue weighted by atomic mass is 19.4. The van der Waals surface area contributed by atoms with Gasteiger partial charge in [-0.25, -0.2) is 0 Å². The average molecular weight is 280 g/mol. The van der Waals surface area contributed by atoms with Gasteiger partial charge in [-0.2, -0.15) is 13.2 Å². The Morgan fingerprint density at radius 1 is 1.37 bits per heavy atom. The van der Waals surface area contributed by atoms with E-state index in [2.05, 4.69) is 0 Å². The molecule has 1 aliphatic rings. The Balaban J connectivity index is 2.81. The van der Waals surface area contributed by atoms with Crippen molar-refractivity contribution >= 4 is 5.91 Å². The normalized spacial score (nSPS) is 28.5. The molecule has 112 valence electrons. The molecular weight excluding hydrogens is 257 g/mol. The van der Waals surface area contributed by atoms with Crippen LogP contribution in [0.3, 0.4) is 0 Å². The van der Waals surface area contributed by atoms with Crippen LogP contribution in [0.1, 0.15) is 40.0 Å². The van der Waals surface area contributed by atoms with Gasteiger partial charge in [-0.1, -0.05) is 13.3 Å². The fourth-order valence-corrected chi connectivity index (χ4v) is 2.65. The number of alkyl halides is 3. The van der Waals surface area contributed by atoms with Crippen molar-refractivity contribution in [1.29, 1.82) is 0 Å². The Morgan fingerprint density at radius 2 is 1.95 bits per heavy atom. The molecule has 2 N–H and O–H groups in total. The molecular formula is C13H23F3N2O. The molecule has 0 aliphatic heterocycles. The predicted octanol–water partition coefficient (Wildman–Crippen LogP) is 2.55. The number of carbonyl (C=O) groups is 1. The first-order valence-electron chi connectivity index (χ1n) is 6.76. The summed E-state index contributed by atoms with van der Waals surface area (Å²) in [6.07, 6.45) is -2.00. The summed E-state index contributed by atoms with van der Waals surface area (Å²) in [6, 6.07) is -0.811. The van der Waals surface area contributed by atoms with E-state index < -0.39 is 30.6 Å². The highest BCUT2D eigenvalue weighted by Crippen LogP contribution is 2.30. The molecule has 1 saturated carbocycles. The highest BCUT2D eigenvalue weighted by molar-refractivity contribution is 5.80. The van der Waals surface area contributed by atoms with Crippen LogP contribution in [0.2, 0.25) is 0 Å². The van der Waals surface area contributed by atoms with Crippen molar-refractivity contribution in [3.63, 3.8) is 0 Å². The first-order valence-corrected chi connectivity index (χ1v) is 6.76. The quantitative estimate of drug-likeness (QED) is 0.863. The van der Waals surface area contributed by atoms with Gasteiger partial charge in [0.15, 0.2) is 0 Å². The van der Waals surface area contributed by atoms with E-state index in [-0.39, 0.29) is 12.0 Å². The molecule has 3 nitrogen and oxygen atoms in total. The Kier molecular flexibility index (Phi) is 5.24. The van der Waals surface area contributed by atoms with Crippen molar-refractivity contribution in [3.05, 3.63) is 0 Å². The Labute approximate surface area is 112 Å². The smallest absolute Gasteiger partial charge is 0.331 e. The molecule has 0 radical (unpaired) electrons. The topological polar surface area (TPSA) is 46.3 Å². The number of hydrogen-bond acceptors (Lipinski definition) is 2. The van der Waals surface area contributed by atoms with Crippen LogP contribution < -0.4 is 5.73 Å². The number of rotatable bonds is 3. The zero-order valence-corrected chi connectivity index (χ0v) is 11.7. The maximum Gasteiger partial charge on any atom is 0.406 e. The standard InChI is InChI=1S/C13H23F3N2O/c1-8(2)18(7-13(14,15)16)12(19)10-6-4-5-9(3)11(10)17/h8-11H,4-7,17H2,1-3H3. The summed E-state index contributed by atoms with van der Waals surface area (Å²) >= 11 is 0. The molecule has 1 aliphatic carbocycles.